The molecule has 2 amide bonds. The molecule has 1 aromatic carbocycles. The third-order valence-corrected chi connectivity index (χ3v) is 5.57. The third-order valence-electron chi connectivity index (χ3n) is 3.79. The summed E-state index contributed by atoms with van der Waals surface area (Å²) in [6.07, 6.45) is 2.33. The van der Waals surface area contributed by atoms with Gasteiger partial charge in [-0.25, -0.2) is 17.9 Å². The fourth-order valence-corrected chi connectivity index (χ4v) is 4.35. The molecular formula is C14H18ClN5O4S. The minimum Gasteiger partial charge on any atom is -0.495 e. The van der Waals surface area contributed by atoms with Gasteiger partial charge < -0.3 is 20.7 Å². The van der Waals surface area contributed by atoms with Gasteiger partial charge in [0.25, 0.3) is 0 Å². The Morgan fingerprint density at radius 3 is 2.88 bits per heavy atom. The van der Waals surface area contributed by atoms with E-state index in [9.17, 15) is 18.5 Å². The van der Waals surface area contributed by atoms with Gasteiger partial charge in [0, 0.05) is 24.2 Å². The predicted octanol–water partition coefficient (Wildman–Crippen LogP) is 0.219. The summed E-state index contributed by atoms with van der Waals surface area (Å²) in [6, 6.07) is 2.74. The number of sulfonamides is 1. The highest BCUT2D eigenvalue weighted by Gasteiger charge is 2.35. The molecule has 1 saturated heterocycles. The molecule has 1 heterocycles. The normalized spacial score (nSPS) is 20.1. The first-order chi connectivity index (χ1) is 11.8. The first-order valence-corrected chi connectivity index (χ1v) is 9.18. The van der Waals surface area contributed by atoms with Gasteiger partial charge in [-0.05, 0) is 24.6 Å². The summed E-state index contributed by atoms with van der Waals surface area (Å²) in [6.45, 7) is 0.339. The van der Waals surface area contributed by atoms with Crippen LogP contribution in [0.3, 0.4) is 0 Å². The topological polar surface area (TPSA) is 138 Å². The fraction of sp³-hybridized carbons (Fsp3) is 0.429. The zero-order valence-corrected chi connectivity index (χ0v) is 15.0. The summed E-state index contributed by atoms with van der Waals surface area (Å²) >= 11 is 5.89. The van der Waals surface area contributed by atoms with Gasteiger partial charge in [0.05, 0.1) is 13.2 Å². The lowest BCUT2D eigenvalue weighted by Gasteiger charge is -2.17. The maximum Gasteiger partial charge on any atom is 0.312 e. The second kappa shape index (κ2) is 7.77. The van der Waals surface area contributed by atoms with Crippen LogP contribution in [0.5, 0.6) is 5.75 Å². The van der Waals surface area contributed by atoms with E-state index in [1.54, 1.807) is 0 Å². The number of carbonyl (C=O) groups excluding carboxylic acids is 1. The Morgan fingerprint density at radius 1 is 1.56 bits per heavy atom. The van der Waals surface area contributed by atoms with Gasteiger partial charge in [0.15, 0.2) is 6.19 Å². The number of hydrogen-bond acceptors (Lipinski definition) is 6. The number of halogens is 1. The summed E-state index contributed by atoms with van der Waals surface area (Å²) in [5.74, 6) is 0.166. The monoisotopic (exact) mass is 387 g/mol. The molecule has 25 heavy (non-hydrogen) atoms. The lowest BCUT2D eigenvalue weighted by molar-refractivity contribution is 0.245. The van der Waals surface area contributed by atoms with E-state index in [1.165, 1.54) is 30.2 Å². The van der Waals surface area contributed by atoms with Crippen LogP contribution in [0.2, 0.25) is 5.02 Å². The third kappa shape index (κ3) is 4.66. The van der Waals surface area contributed by atoms with Crippen molar-refractivity contribution in [2.45, 2.75) is 23.4 Å². The molecule has 136 valence electrons. The number of rotatable bonds is 6. The molecule has 0 aromatic heterocycles. The molecule has 1 aromatic rings. The molecule has 0 radical (unpaired) electrons. The van der Waals surface area contributed by atoms with Crippen LogP contribution in [0.15, 0.2) is 23.1 Å². The standard InChI is InChI=1S/C14H18ClN5O4S/c1-24-12-3-2-9(15)4-13(12)25(22,23)19-10-5-11(6-18-14(17)21)20(7-10)8-16/h2-4,10-11,19H,5-7H2,1H3,(H3,17,18,21)/t10-,11-/m1/s1. The van der Waals surface area contributed by atoms with Gasteiger partial charge in [-0.2, -0.15) is 5.26 Å². The molecule has 11 heteroatoms. The first kappa shape index (κ1) is 19.1. The van der Waals surface area contributed by atoms with Crippen molar-refractivity contribution in [2.75, 3.05) is 20.2 Å². The van der Waals surface area contributed by atoms with E-state index in [0.717, 1.165) is 0 Å². The number of nitriles is 1. The molecule has 0 unspecified atom stereocenters. The molecule has 0 spiro atoms. The van der Waals surface area contributed by atoms with Gasteiger partial charge in [0.1, 0.15) is 10.6 Å². The van der Waals surface area contributed by atoms with E-state index in [0.29, 0.717) is 6.42 Å². The van der Waals surface area contributed by atoms with Crippen molar-refractivity contribution in [1.29, 1.82) is 5.26 Å². The smallest absolute Gasteiger partial charge is 0.312 e. The molecule has 0 bridgehead atoms. The van der Waals surface area contributed by atoms with Crippen LogP contribution in [-0.2, 0) is 10.0 Å². The molecule has 2 rings (SSSR count). The summed E-state index contributed by atoms with van der Waals surface area (Å²) in [5, 5.41) is 11.9. The lowest BCUT2D eigenvalue weighted by atomic mass is 10.2. The Kier molecular flexibility index (Phi) is 5.94. The van der Waals surface area contributed by atoms with Crippen molar-refractivity contribution in [3.63, 3.8) is 0 Å². The Bertz CT molecular complexity index is 795. The Morgan fingerprint density at radius 2 is 2.28 bits per heavy atom. The Balaban J connectivity index is 2.15. The predicted molar refractivity (Wildman–Crippen MR) is 90.4 cm³/mol. The van der Waals surface area contributed by atoms with E-state index >= 15 is 0 Å². The maximum absolute atomic E-state index is 12.6. The number of hydrogen-bond donors (Lipinski definition) is 3. The average molecular weight is 388 g/mol. The number of carbonyl (C=O) groups is 1. The molecule has 1 aliphatic heterocycles. The number of amides is 2. The van der Waals surface area contributed by atoms with Crippen LogP contribution in [0.25, 0.3) is 0 Å². The van der Waals surface area contributed by atoms with Crippen LogP contribution in [0.1, 0.15) is 6.42 Å². The fourth-order valence-electron chi connectivity index (χ4n) is 2.68. The molecular weight excluding hydrogens is 370 g/mol. The quantitative estimate of drug-likeness (QED) is 0.597. The Labute approximate surface area is 150 Å². The van der Waals surface area contributed by atoms with Crippen molar-refractivity contribution in [1.82, 2.24) is 14.9 Å². The van der Waals surface area contributed by atoms with E-state index in [-0.39, 0.29) is 34.8 Å². The zero-order chi connectivity index (χ0) is 18.6. The molecule has 0 aliphatic carbocycles. The van der Waals surface area contributed by atoms with Gasteiger partial charge in [0.2, 0.25) is 10.0 Å². The van der Waals surface area contributed by atoms with Crippen LogP contribution < -0.4 is 20.5 Å². The summed E-state index contributed by atoms with van der Waals surface area (Å²) < 4.78 is 32.9. The number of nitrogens with zero attached hydrogens (tertiary/aromatic N) is 2. The second-order valence-corrected chi connectivity index (χ2v) is 7.62. The van der Waals surface area contributed by atoms with Crippen molar-refractivity contribution < 1.29 is 17.9 Å². The van der Waals surface area contributed by atoms with Crippen molar-refractivity contribution in [3.05, 3.63) is 23.2 Å². The highest BCUT2D eigenvalue weighted by atomic mass is 35.5. The number of nitrogens with one attached hydrogen (secondary N) is 2. The largest absolute Gasteiger partial charge is 0.495 e. The molecule has 1 fully saturated rings. The molecule has 2 atom stereocenters. The van der Waals surface area contributed by atoms with Crippen molar-refractivity contribution in [2.24, 2.45) is 5.73 Å². The number of ether oxygens (including phenoxy) is 1. The number of nitrogens with two attached hydrogens (primary N) is 1. The number of primary amides is 1. The summed E-state index contributed by atoms with van der Waals surface area (Å²) in [5.41, 5.74) is 5.03. The lowest BCUT2D eigenvalue weighted by Crippen LogP contribution is -2.40. The molecule has 1 aliphatic rings. The van der Waals surface area contributed by atoms with Crippen molar-refractivity contribution in [3.8, 4) is 11.9 Å². The van der Waals surface area contributed by atoms with Crippen LogP contribution in [-0.4, -0.2) is 51.6 Å². The van der Waals surface area contributed by atoms with Gasteiger partial charge >= 0.3 is 6.03 Å². The van der Waals surface area contributed by atoms with E-state index in [2.05, 4.69) is 10.0 Å². The van der Waals surface area contributed by atoms with E-state index in [4.69, 9.17) is 22.1 Å². The van der Waals surface area contributed by atoms with Gasteiger partial charge in [-0.3, -0.25) is 0 Å². The Hall–Kier alpha value is -2.22. The number of urea groups is 1. The second-order valence-electron chi connectivity index (χ2n) is 5.50. The van der Waals surface area contributed by atoms with E-state index < -0.39 is 22.1 Å². The SMILES string of the molecule is COc1ccc(Cl)cc1S(=O)(=O)N[C@@H]1C[C@H](CNC(N)=O)N(C#N)C1. The van der Waals surface area contributed by atoms with Gasteiger partial charge in [-0.1, -0.05) is 11.6 Å². The van der Waals surface area contributed by atoms with Gasteiger partial charge in [-0.15, -0.1) is 0 Å². The highest BCUT2D eigenvalue weighted by molar-refractivity contribution is 7.89. The maximum atomic E-state index is 12.6. The number of benzene rings is 1. The summed E-state index contributed by atoms with van der Waals surface area (Å²) in [7, 11) is -2.54. The summed E-state index contributed by atoms with van der Waals surface area (Å²) in [4.78, 5) is 12.1. The zero-order valence-electron chi connectivity index (χ0n) is 13.4. The molecule has 9 nitrogen and oxygen atoms in total. The van der Waals surface area contributed by atoms with E-state index in [1.807, 2.05) is 6.19 Å². The average Bonchev–Trinajstić information content (AvgIpc) is 2.94. The van der Waals surface area contributed by atoms with Crippen LogP contribution in [0.4, 0.5) is 4.79 Å². The minimum atomic E-state index is -3.90. The number of likely N-dealkylation sites (tertiary alicyclic amines) is 1. The van der Waals surface area contributed by atoms with Crippen molar-refractivity contribution >= 4 is 27.7 Å². The molecule has 0 saturated carbocycles. The molecule has 4 N–H and O–H groups in total. The minimum absolute atomic E-state index is 0.0790. The van der Waals surface area contributed by atoms with Crippen LogP contribution >= 0.6 is 11.6 Å². The first-order valence-electron chi connectivity index (χ1n) is 7.32. The number of methoxy groups -OCH3 is 1. The van der Waals surface area contributed by atoms with Crippen LogP contribution in [0, 0.1) is 11.5 Å². The highest BCUT2D eigenvalue weighted by Crippen LogP contribution is 2.28.